The van der Waals surface area contributed by atoms with Crippen LogP contribution in [0.15, 0.2) is 6.07 Å². The molecule has 1 aromatic heterocycles. The summed E-state index contributed by atoms with van der Waals surface area (Å²) in [5.41, 5.74) is 0.835. The first-order valence-corrected chi connectivity index (χ1v) is 10.3. The standard InChI is InChI=1S/C19H28N2O4S/c1-3-14(12-22)20-18(24)15-11-13-5-10-25-19(17(13)26-15)6-8-21(9-7-19)16(23)4-2/h11,14,22H,3-10,12H2,1-2H3,(H,20,24)/t14-/m1/s1. The van der Waals surface area contributed by atoms with Crippen molar-refractivity contribution in [3.8, 4) is 0 Å². The number of aliphatic hydroxyl groups is 1. The van der Waals surface area contributed by atoms with Crippen LogP contribution < -0.4 is 5.32 Å². The third-order valence-corrected chi connectivity index (χ3v) is 6.83. The maximum absolute atomic E-state index is 12.5. The second-order valence-electron chi connectivity index (χ2n) is 7.05. The van der Waals surface area contributed by atoms with Crippen LogP contribution in [0.3, 0.4) is 0 Å². The first-order valence-electron chi connectivity index (χ1n) is 9.49. The van der Waals surface area contributed by atoms with Gasteiger partial charge >= 0.3 is 0 Å². The van der Waals surface area contributed by atoms with E-state index in [1.807, 2.05) is 24.8 Å². The number of thiophene rings is 1. The van der Waals surface area contributed by atoms with Crippen molar-refractivity contribution in [2.45, 2.75) is 57.6 Å². The lowest BCUT2D eigenvalue weighted by molar-refractivity contribution is -0.139. The topological polar surface area (TPSA) is 78.9 Å². The number of carbonyl (C=O) groups excluding carboxylic acids is 2. The molecule has 2 aliphatic rings. The maximum atomic E-state index is 12.5. The van der Waals surface area contributed by atoms with Gasteiger partial charge in [0, 0.05) is 24.4 Å². The Bertz CT molecular complexity index is 660. The van der Waals surface area contributed by atoms with E-state index in [-0.39, 0.29) is 30.1 Å². The molecule has 0 unspecified atom stereocenters. The van der Waals surface area contributed by atoms with Gasteiger partial charge in [-0.3, -0.25) is 9.59 Å². The Hall–Kier alpha value is -1.44. The van der Waals surface area contributed by atoms with Crippen LogP contribution in [0.25, 0.3) is 0 Å². The Labute approximate surface area is 158 Å². The molecule has 0 radical (unpaired) electrons. The van der Waals surface area contributed by atoms with Crippen LogP contribution in [0, 0.1) is 0 Å². The highest BCUT2D eigenvalue weighted by atomic mass is 32.1. The third-order valence-electron chi connectivity index (χ3n) is 5.47. The summed E-state index contributed by atoms with van der Waals surface area (Å²) in [6, 6.07) is 1.77. The van der Waals surface area contributed by atoms with E-state index < -0.39 is 0 Å². The molecular weight excluding hydrogens is 352 g/mol. The number of nitrogens with one attached hydrogen (secondary N) is 1. The van der Waals surface area contributed by atoms with Gasteiger partial charge < -0.3 is 20.1 Å². The summed E-state index contributed by atoms with van der Waals surface area (Å²) in [5, 5.41) is 12.2. The van der Waals surface area contributed by atoms with Gasteiger partial charge in [0.2, 0.25) is 5.91 Å². The van der Waals surface area contributed by atoms with Crippen LogP contribution in [0.4, 0.5) is 0 Å². The van der Waals surface area contributed by atoms with Crippen molar-refractivity contribution < 1.29 is 19.4 Å². The van der Waals surface area contributed by atoms with Crippen LogP contribution in [-0.4, -0.2) is 54.2 Å². The quantitative estimate of drug-likeness (QED) is 0.819. The molecule has 3 rings (SSSR count). The molecule has 1 aromatic rings. The van der Waals surface area contributed by atoms with E-state index in [4.69, 9.17) is 4.74 Å². The summed E-state index contributed by atoms with van der Waals surface area (Å²) in [6.45, 7) is 5.83. The number of amides is 2. The number of rotatable bonds is 5. The SMILES string of the molecule is CCC(=O)N1CCC2(CC1)OCCc1cc(C(=O)N[C@H](CC)CO)sc12. The van der Waals surface area contributed by atoms with E-state index in [0.717, 1.165) is 24.1 Å². The Morgan fingerprint density at radius 3 is 2.73 bits per heavy atom. The fourth-order valence-corrected chi connectivity index (χ4v) is 5.09. The molecule has 3 heterocycles. The molecule has 0 aromatic carbocycles. The van der Waals surface area contributed by atoms with Gasteiger partial charge in [-0.15, -0.1) is 11.3 Å². The molecule has 1 atom stereocenters. The summed E-state index contributed by atoms with van der Waals surface area (Å²) in [5.74, 6) is 0.0655. The Morgan fingerprint density at radius 2 is 2.12 bits per heavy atom. The minimum atomic E-state index is -0.359. The summed E-state index contributed by atoms with van der Waals surface area (Å²) in [6.07, 6.45) is 3.60. The van der Waals surface area contributed by atoms with Gasteiger partial charge in [0.15, 0.2) is 0 Å². The Balaban J connectivity index is 1.77. The number of hydrogen-bond acceptors (Lipinski definition) is 5. The average molecular weight is 381 g/mol. The number of piperidine rings is 1. The number of aliphatic hydroxyl groups excluding tert-OH is 1. The molecule has 26 heavy (non-hydrogen) atoms. The van der Waals surface area contributed by atoms with Crippen molar-refractivity contribution in [3.63, 3.8) is 0 Å². The molecule has 0 aliphatic carbocycles. The van der Waals surface area contributed by atoms with E-state index in [1.165, 1.54) is 16.9 Å². The van der Waals surface area contributed by atoms with Crippen molar-refractivity contribution in [1.82, 2.24) is 10.2 Å². The van der Waals surface area contributed by atoms with Crippen molar-refractivity contribution >= 4 is 23.2 Å². The van der Waals surface area contributed by atoms with Crippen LogP contribution in [0.1, 0.15) is 59.6 Å². The van der Waals surface area contributed by atoms with Crippen molar-refractivity contribution in [2.24, 2.45) is 0 Å². The summed E-state index contributed by atoms with van der Waals surface area (Å²) in [7, 11) is 0. The van der Waals surface area contributed by atoms with Crippen molar-refractivity contribution in [2.75, 3.05) is 26.3 Å². The molecule has 2 N–H and O–H groups in total. The first kappa shape index (κ1) is 19.3. The summed E-state index contributed by atoms with van der Waals surface area (Å²) >= 11 is 1.51. The molecule has 2 aliphatic heterocycles. The van der Waals surface area contributed by atoms with E-state index in [0.29, 0.717) is 37.4 Å². The second-order valence-corrected chi connectivity index (χ2v) is 8.11. The number of fused-ring (bicyclic) bond motifs is 2. The lowest BCUT2D eigenvalue weighted by Gasteiger charge is -2.43. The van der Waals surface area contributed by atoms with Gasteiger partial charge in [-0.25, -0.2) is 0 Å². The zero-order chi connectivity index (χ0) is 18.7. The number of likely N-dealkylation sites (tertiary alicyclic amines) is 1. The van der Waals surface area contributed by atoms with Gasteiger partial charge in [-0.05, 0) is 37.3 Å². The molecule has 0 saturated carbocycles. The van der Waals surface area contributed by atoms with Gasteiger partial charge in [-0.2, -0.15) is 0 Å². The number of carbonyl (C=O) groups is 2. The lowest BCUT2D eigenvalue weighted by Crippen LogP contribution is -2.47. The third kappa shape index (κ3) is 3.66. The Morgan fingerprint density at radius 1 is 1.38 bits per heavy atom. The molecule has 0 bridgehead atoms. The average Bonchev–Trinajstić information content (AvgIpc) is 3.12. The predicted molar refractivity (Wildman–Crippen MR) is 100 cm³/mol. The monoisotopic (exact) mass is 380 g/mol. The second kappa shape index (κ2) is 8.06. The highest BCUT2D eigenvalue weighted by Gasteiger charge is 2.43. The molecule has 6 nitrogen and oxygen atoms in total. The molecule has 1 saturated heterocycles. The zero-order valence-corrected chi connectivity index (χ0v) is 16.4. The fourth-order valence-electron chi connectivity index (χ4n) is 3.78. The molecule has 1 spiro atoms. The van der Waals surface area contributed by atoms with Gasteiger partial charge in [0.25, 0.3) is 5.91 Å². The van der Waals surface area contributed by atoms with Gasteiger partial charge in [0.05, 0.1) is 24.1 Å². The van der Waals surface area contributed by atoms with Gasteiger partial charge in [0.1, 0.15) is 5.60 Å². The molecule has 1 fully saturated rings. The maximum Gasteiger partial charge on any atom is 0.261 e. The van der Waals surface area contributed by atoms with Crippen LogP contribution in [0.5, 0.6) is 0 Å². The van der Waals surface area contributed by atoms with E-state index >= 15 is 0 Å². The molecule has 7 heteroatoms. The van der Waals surface area contributed by atoms with Crippen LogP contribution in [0.2, 0.25) is 0 Å². The van der Waals surface area contributed by atoms with E-state index in [1.54, 1.807) is 0 Å². The zero-order valence-electron chi connectivity index (χ0n) is 15.5. The highest BCUT2D eigenvalue weighted by Crippen LogP contribution is 2.45. The number of ether oxygens (including phenoxy) is 1. The van der Waals surface area contributed by atoms with E-state index in [9.17, 15) is 14.7 Å². The first-order chi connectivity index (χ1) is 12.5. The highest BCUT2D eigenvalue weighted by molar-refractivity contribution is 7.14. The molecule has 144 valence electrons. The summed E-state index contributed by atoms with van der Waals surface area (Å²) < 4.78 is 6.21. The van der Waals surface area contributed by atoms with Gasteiger partial charge in [-0.1, -0.05) is 13.8 Å². The van der Waals surface area contributed by atoms with Crippen LogP contribution in [-0.2, 0) is 21.6 Å². The molecule has 2 amide bonds. The minimum Gasteiger partial charge on any atom is -0.394 e. The Kier molecular flexibility index (Phi) is 5.99. The fraction of sp³-hybridized carbons (Fsp3) is 0.684. The summed E-state index contributed by atoms with van der Waals surface area (Å²) in [4.78, 5) is 28.2. The van der Waals surface area contributed by atoms with Crippen molar-refractivity contribution in [1.29, 1.82) is 0 Å². The minimum absolute atomic E-state index is 0.0539. The normalized spacial score (nSPS) is 19.9. The van der Waals surface area contributed by atoms with E-state index in [2.05, 4.69) is 5.32 Å². The largest absolute Gasteiger partial charge is 0.394 e. The number of hydrogen-bond donors (Lipinski definition) is 2. The smallest absolute Gasteiger partial charge is 0.261 e. The molecular formula is C19H28N2O4S. The van der Waals surface area contributed by atoms with Crippen LogP contribution >= 0.6 is 11.3 Å². The number of nitrogens with zero attached hydrogens (tertiary/aromatic N) is 1. The van der Waals surface area contributed by atoms with Crippen molar-refractivity contribution in [3.05, 3.63) is 21.4 Å². The predicted octanol–water partition coefficient (Wildman–Crippen LogP) is 2.05. The lowest BCUT2D eigenvalue weighted by atomic mass is 9.85.